The van der Waals surface area contributed by atoms with Crippen molar-refractivity contribution in [1.82, 2.24) is 4.98 Å². The molecule has 0 aliphatic heterocycles. The van der Waals surface area contributed by atoms with Gasteiger partial charge in [-0.1, -0.05) is 31.4 Å². The number of anilines is 1. The van der Waals surface area contributed by atoms with Gasteiger partial charge in [0.15, 0.2) is 5.13 Å². The van der Waals surface area contributed by atoms with Crippen molar-refractivity contribution in [2.24, 2.45) is 0 Å². The monoisotopic (exact) mass is 218 g/mol. The quantitative estimate of drug-likeness (QED) is 0.814. The second-order valence-corrected chi connectivity index (χ2v) is 4.41. The van der Waals surface area contributed by atoms with Crippen LogP contribution in [-0.2, 0) is 0 Å². The van der Waals surface area contributed by atoms with E-state index >= 15 is 0 Å². The summed E-state index contributed by atoms with van der Waals surface area (Å²) in [5.74, 6) is 0. The Hall–Kier alpha value is -0.280. The lowest BCUT2D eigenvalue weighted by atomic mass is 10.1. The lowest BCUT2D eigenvalue weighted by molar-refractivity contribution is 0.645. The summed E-state index contributed by atoms with van der Waals surface area (Å²) in [5.41, 5.74) is 0. The minimum atomic E-state index is 0.488. The van der Waals surface area contributed by atoms with E-state index in [1.807, 2.05) is 5.38 Å². The summed E-state index contributed by atoms with van der Waals surface area (Å²) in [6, 6.07) is 0.488. The molecule has 1 heterocycles. The number of hydrogen-bond acceptors (Lipinski definition) is 3. The normalized spacial score (nSPS) is 12.8. The van der Waals surface area contributed by atoms with Gasteiger partial charge in [-0.2, -0.15) is 0 Å². The van der Waals surface area contributed by atoms with E-state index in [1.165, 1.54) is 19.3 Å². The average Bonchev–Trinajstić information content (AvgIpc) is 2.48. The van der Waals surface area contributed by atoms with Crippen LogP contribution in [0, 0.1) is 0 Å². The van der Waals surface area contributed by atoms with Crippen molar-refractivity contribution in [2.45, 2.75) is 39.2 Å². The van der Waals surface area contributed by atoms with E-state index in [0.717, 1.165) is 5.13 Å². The number of rotatable bonds is 5. The number of nitrogens with one attached hydrogen (secondary N) is 1. The van der Waals surface area contributed by atoms with Crippen LogP contribution in [0.1, 0.15) is 33.1 Å². The Balaban J connectivity index is 2.31. The molecule has 0 saturated heterocycles. The summed E-state index contributed by atoms with van der Waals surface area (Å²) < 4.78 is 0. The van der Waals surface area contributed by atoms with Gasteiger partial charge in [0.1, 0.15) is 5.15 Å². The van der Waals surface area contributed by atoms with Crippen LogP contribution in [0.3, 0.4) is 0 Å². The van der Waals surface area contributed by atoms with Gasteiger partial charge < -0.3 is 5.32 Å². The van der Waals surface area contributed by atoms with Gasteiger partial charge in [0.25, 0.3) is 0 Å². The summed E-state index contributed by atoms with van der Waals surface area (Å²) in [5, 5.41) is 6.67. The van der Waals surface area contributed by atoms with E-state index in [1.54, 1.807) is 11.3 Å². The van der Waals surface area contributed by atoms with Gasteiger partial charge >= 0.3 is 0 Å². The molecule has 0 aliphatic rings. The van der Waals surface area contributed by atoms with E-state index < -0.39 is 0 Å². The van der Waals surface area contributed by atoms with Crippen molar-refractivity contribution in [3.63, 3.8) is 0 Å². The Bertz CT molecular complexity index is 250. The molecule has 0 spiro atoms. The van der Waals surface area contributed by atoms with Crippen molar-refractivity contribution < 1.29 is 0 Å². The first kappa shape index (κ1) is 10.8. The van der Waals surface area contributed by atoms with Gasteiger partial charge in [-0.05, 0) is 13.3 Å². The molecule has 1 aromatic heterocycles. The molecule has 0 saturated carbocycles. The summed E-state index contributed by atoms with van der Waals surface area (Å²) in [6.07, 6.45) is 3.69. The molecule has 1 rings (SSSR count). The summed E-state index contributed by atoms with van der Waals surface area (Å²) in [7, 11) is 0. The summed E-state index contributed by atoms with van der Waals surface area (Å²) in [4.78, 5) is 4.13. The molecule has 0 aliphatic carbocycles. The standard InChI is InChI=1S/C9H15ClN2S/c1-3-4-5-7(2)11-9-12-8(10)6-13-9/h6-7H,3-5H2,1-2H3,(H,11,12). The van der Waals surface area contributed by atoms with Crippen molar-refractivity contribution in [3.05, 3.63) is 10.5 Å². The highest BCUT2D eigenvalue weighted by atomic mass is 35.5. The first-order chi connectivity index (χ1) is 6.22. The third-order valence-electron chi connectivity index (χ3n) is 1.84. The lowest BCUT2D eigenvalue weighted by Gasteiger charge is -2.11. The zero-order chi connectivity index (χ0) is 9.68. The number of halogens is 1. The smallest absolute Gasteiger partial charge is 0.184 e. The average molecular weight is 219 g/mol. The lowest BCUT2D eigenvalue weighted by Crippen LogP contribution is -2.14. The van der Waals surface area contributed by atoms with Crippen molar-refractivity contribution in [1.29, 1.82) is 0 Å². The third-order valence-corrected chi connectivity index (χ3v) is 2.93. The van der Waals surface area contributed by atoms with Crippen molar-refractivity contribution in [2.75, 3.05) is 5.32 Å². The van der Waals surface area contributed by atoms with Crippen molar-refractivity contribution >= 4 is 28.1 Å². The molecule has 0 fully saturated rings. The zero-order valence-electron chi connectivity index (χ0n) is 8.01. The van der Waals surface area contributed by atoms with E-state index in [4.69, 9.17) is 11.6 Å². The first-order valence-corrected chi connectivity index (χ1v) is 5.85. The predicted octanol–water partition coefficient (Wildman–Crippen LogP) is 3.79. The Morgan fingerprint density at radius 1 is 1.69 bits per heavy atom. The van der Waals surface area contributed by atoms with Gasteiger partial charge in [-0.15, -0.1) is 11.3 Å². The SMILES string of the molecule is CCCCC(C)Nc1nc(Cl)cs1. The van der Waals surface area contributed by atoms with E-state index in [0.29, 0.717) is 11.2 Å². The fraction of sp³-hybridized carbons (Fsp3) is 0.667. The van der Waals surface area contributed by atoms with Crippen molar-refractivity contribution in [3.8, 4) is 0 Å². The molecule has 0 radical (unpaired) electrons. The minimum absolute atomic E-state index is 0.488. The maximum Gasteiger partial charge on any atom is 0.184 e. The highest BCUT2D eigenvalue weighted by Crippen LogP contribution is 2.20. The molecule has 1 atom stereocenters. The second-order valence-electron chi connectivity index (χ2n) is 3.16. The maximum absolute atomic E-state index is 5.71. The topological polar surface area (TPSA) is 24.9 Å². The summed E-state index contributed by atoms with van der Waals surface area (Å²) >= 11 is 7.26. The van der Waals surface area contributed by atoms with Gasteiger partial charge in [-0.25, -0.2) is 4.98 Å². The van der Waals surface area contributed by atoms with Gasteiger partial charge in [-0.3, -0.25) is 0 Å². The van der Waals surface area contributed by atoms with Crippen LogP contribution in [0.15, 0.2) is 5.38 Å². The molecule has 1 unspecified atom stereocenters. The molecular formula is C9H15ClN2S. The van der Waals surface area contributed by atoms with Crippen LogP contribution in [-0.4, -0.2) is 11.0 Å². The molecule has 4 heteroatoms. The highest BCUT2D eigenvalue weighted by molar-refractivity contribution is 7.14. The largest absolute Gasteiger partial charge is 0.359 e. The van der Waals surface area contributed by atoms with Gasteiger partial charge in [0, 0.05) is 11.4 Å². The van der Waals surface area contributed by atoms with E-state index in [2.05, 4.69) is 24.1 Å². The molecule has 13 heavy (non-hydrogen) atoms. The molecule has 1 N–H and O–H groups in total. The third kappa shape index (κ3) is 3.96. The molecule has 1 aromatic rings. The molecule has 0 aromatic carbocycles. The van der Waals surface area contributed by atoms with Crippen LogP contribution >= 0.6 is 22.9 Å². The van der Waals surface area contributed by atoms with E-state index in [-0.39, 0.29) is 0 Å². The summed E-state index contributed by atoms with van der Waals surface area (Å²) in [6.45, 7) is 4.37. The van der Waals surface area contributed by atoms with E-state index in [9.17, 15) is 0 Å². The van der Waals surface area contributed by atoms with Crippen LogP contribution in [0.5, 0.6) is 0 Å². The fourth-order valence-corrected chi connectivity index (χ4v) is 2.06. The van der Waals surface area contributed by atoms with Crippen LogP contribution < -0.4 is 5.32 Å². The maximum atomic E-state index is 5.71. The van der Waals surface area contributed by atoms with Gasteiger partial charge in [0.2, 0.25) is 0 Å². The van der Waals surface area contributed by atoms with Crippen LogP contribution in [0.4, 0.5) is 5.13 Å². The van der Waals surface area contributed by atoms with Crippen LogP contribution in [0.25, 0.3) is 0 Å². The number of unbranched alkanes of at least 4 members (excludes halogenated alkanes) is 1. The molecule has 0 bridgehead atoms. The zero-order valence-corrected chi connectivity index (χ0v) is 9.58. The number of hydrogen-bond donors (Lipinski definition) is 1. The minimum Gasteiger partial charge on any atom is -0.359 e. The van der Waals surface area contributed by atoms with Gasteiger partial charge in [0.05, 0.1) is 0 Å². The number of aromatic nitrogens is 1. The highest BCUT2D eigenvalue weighted by Gasteiger charge is 2.04. The Morgan fingerprint density at radius 3 is 3.00 bits per heavy atom. The molecule has 0 amide bonds. The Morgan fingerprint density at radius 2 is 2.46 bits per heavy atom. The number of nitrogens with zero attached hydrogens (tertiary/aromatic N) is 1. The second kappa shape index (κ2) is 5.45. The molecular weight excluding hydrogens is 204 g/mol. The van der Waals surface area contributed by atoms with Crippen LogP contribution in [0.2, 0.25) is 5.15 Å². The predicted molar refractivity (Wildman–Crippen MR) is 59.7 cm³/mol. The first-order valence-electron chi connectivity index (χ1n) is 4.60. The number of thiazole rings is 1. The Kier molecular flexibility index (Phi) is 4.53. The molecule has 74 valence electrons. The Labute approximate surface area is 88.3 Å². The fourth-order valence-electron chi connectivity index (χ4n) is 1.11. The molecule has 2 nitrogen and oxygen atoms in total.